The lowest BCUT2D eigenvalue weighted by atomic mass is 9.49. The number of nitrogens with two attached hydrogens (primary N) is 1. The summed E-state index contributed by atoms with van der Waals surface area (Å²) in [7, 11) is 1.31. The van der Waals surface area contributed by atoms with Crippen molar-refractivity contribution in [3.8, 4) is 0 Å². The van der Waals surface area contributed by atoms with Crippen LogP contribution < -0.4 is 17.0 Å². The molecule has 1 aromatic heterocycles. The summed E-state index contributed by atoms with van der Waals surface area (Å²) in [6.45, 7) is 1.64. The fourth-order valence-electron chi connectivity index (χ4n) is 6.20. The molecule has 1 heterocycles. The summed E-state index contributed by atoms with van der Waals surface area (Å²) in [4.78, 5) is 50.4. The van der Waals surface area contributed by atoms with E-state index >= 15 is 0 Å². The highest BCUT2D eigenvalue weighted by molar-refractivity contribution is 6.01. The van der Waals surface area contributed by atoms with Gasteiger partial charge < -0.3 is 10.5 Å². The number of hydrogen-bond donors (Lipinski definition) is 1. The third kappa shape index (κ3) is 3.22. The smallest absolute Gasteiger partial charge is 0.332 e. The van der Waals surface area contributed by atoms with Gasteiger partial charge in [-0.15, -0.1) is 0 Å². The Labute approximate surface area is 169 Å². The highest BCUT2D eigenvalue weighted by Gasteiger charge is 2.55. The second-order valence-corrected chi connectivity index (χ2v) is 9.26. The van der Waals surface area contributed by atoms with Gasteiger partial charge in [0.1, 0.15) is 11.4 Å². The molecule has 4 bridgehead atoms. The summed E-state index contributed by atoms with van der Waals surface area (Å²) >= 11 is 0. The predicted molar refractivity (Wildman–Crippen MR) is 107 cm³/mol. The number of Topliss-reactive ketones (excluding diaryl/α,β-unsaturated/α-hetero) is 1. The first-order chi connectivity index (χ1) is 13.8. The van der Waals surface area contributed by atoms with Gasteiger partial charge in [0.25, 0.3) is 5.56 Å². The maximum Gasteiger partial charge on any atom is 0.332 e. The van der Waals surface area contributed by atoms with Gasteiger partial charge in [-0.1, -0.05) is 6.92 Å². The Morgan fingerprint density at radius 3 is 2.17 bits per heavy atom. The van der Waals surface area contributed by atoms with Crippen LogP contribution in [-0.4, -0.2) is 27.5 Å². The minimum atomic E-state index is -0.754. The van der Waals surface area contributed by atoms with Crippen LogP contribution in [0.5, 0.6) is 0 Å². The number of esters is 1. The quantitative estimate of drug-likeness (QED) is 0.569. The first kappa shape index (κ1) is 19.9. The first-order valence-electron chi connectivity index (χ1n) is 10.6. The van der Waals surface area contributed by atoms with Gasteiger partial charge in [-0.3, -0.25) is 23.5 Å². The standard InChI is InChI=1S/C21H29N3O5/c1-3-4-24-17(22)16(18(26)23(2)20(24)28)15(25)11-29-19(27)21-8-12-5-13(9-21)7-14(6-12)10-21/h12-14H,3-11,22H2,1-2H3. The molecule has 158 valence electrons. The van der Waals surface area contributed by atoms with Gasteiger partial charge in [0.15, 0.2) is 6.61 Å². The number of aromatic nitrogens is 2. The van der Waals surface area contributed by atoms with E-state index in [0.29, 0.717) is 30.7 Å². The molecule has 0 unspecified atom stereocenters. The molecular formula is C21H29N3O5. The average Bonchev–Trinajstić information content (AvgIpc) is 2.67. The van der Waals surface area contributed by atoms with Crippen molar-refractivity contribution >= 4 is 17.6 Å². The molecule has 0 atom stereocenters. The third-order valence-electron chi connectivity index (χ3n) is 7.11. The van der Waals surface area contributed by atoms with Crippen LogP contribution in [-0.2, 0) is 23.1 Å². The molecule has 4 aliphatic rings. The van der Waals surface area contributed by atoms with Crippen LogP contribution >= 0.6 is 0 Å². The van der Waals surface area contributed by atoms with Gasteiger partial charge in [-0.05, 0) is 62.7 Å². The van der Waals surface area contributed by atoms with Crippen molar-refractivity contribution in [2.75, 3.05) is 12.3 Å². The van der Waals surface area contributed by atoms with Crippen LogP contribution in [0.4, 0.5) is 5.82 Å². The van der Waals surface area contributed by atoms with Crippen molar-refractivity contribution in [1.82, 2.24) is 9.13 Å². The van der Waals surface area contributed by atoms with E-state index in [1.54, 1.807) is 0 Å². The summed E-state index contributed by atoms with van der Waals surface area (Å²) in [5.74, 6) is 0.629. The van der Waals surface area contributed by atoms with E-state index in [1.165, 1.54) is 30.9 Å². The summed E-state index contributed by atoms with van der Waals surface area (Å²) in [6, 6.07) is 0. The molecule has 0 radical (unpaired) electrons. The highest BCUT2D eigenvalue weighted by atomic mass is 16.5. The monoisotopic (exact) mass is 403 g/mol. The molecule has 0 aliphatic heterocycles. The van der Waals surface area contributed by atoms with Crippen molar-refractivity contribution in [1.29, 1.82) is 0 Å². The molecule has 2 N–H and O–H groups in total. The zero-order valence-electron chi connectivity index (χ0n) is 17.1. The van der Waals surface area contributed by atoms with E-state index in [2.05, 4.69) is 0 Å². The summed E-state index contributed by atoms with van der Waals surface area (Å²) < 4.78 is 7.54. The van der Waals surface area contributed by atoms with E-state index in [0.717, 1.165) is 23.8 Å². The van der Waals surface area contributed by atoms with Gasteiger partial charge in [0, 0.05) is 13.6 Å². The van der Waals surface area contributed by atoms with Crippen molar-refractivity contribution in [2.45, 2.75) is 58.4 Å². The van der Waals surface area contributed by atoms with E-state index in [-0.39, 0.29) is 17.4 Å². The molecule has 1 aromatic rings. The number of ether oxygens (including phenoxy) is 1. The Balaban J connectivity index is 1.53. The van der Waals surface area contributed by atoms with E-state index in [9.17, 15) is 19.2 Å². The zero-order valence-corrected chi connectivity index (χ0v) is 17.1. The summed E-state index contributed by atoms with van der Waals surface area (Å²) in [6.07, 6.45) is 6.77. The van der Waals surface area contributed by atoms with Crippen LogP contribution in [0.15, 0.2) is 9.59 Å². The lowest BCUT2D eigenvalue weighted by molar-refractivity contribution is -0.170. The second-order valence-electron chi connectivity index (χ2n) is 9.26. The maximum atomic E-state index is 12.9. The SMILES string of the molecule is CCCn1c(N)c(C(=O)COC(=O)C23CC4CC(CC(C4)C2)C3)c(=O)n(C)c1=O. The van der Waals surface area contributed by atoms with Crippen LogP contribution in [0.2, 0.25) is 0 Å². The predicted octanol–water partition coefficient (Wildman–Crippen LogP) is 1.48. The Kier molecular flexibility index (Phi) is 4.91. The zero-order chi connectivity index (χ0) is 20.9. The van der Waals surface area contributed by atoms with Gasteiger partial charge >= 0.3 is 11.7 Å². The lowest BCUT2D eigenvalue weighted by Crippen LogP contribution is -2.51. The fourth-order valence-corrected chi connectivity index (χ4v) is 6.20. The molecule has 4 fully saturated rings. The number of nitrogen functional groups attached to an aromatic ring is 1. The second kappa shape index (κ2) is 7.15. The number of rotatable bonds is 6. The van der Waals surface area contributed by atoms with Gasteiger partial charge in [-0.25, -0.2) is 4.79 Å². The number of anilines is 1. The molecule has 0 saturated heterocycles. The third-order valence-corrected chi connectivity index (χ3v) is 7.11. The van der Waals surface area contributed by atoms with Crippen LogP contribution in [0, 0.1) is 23.2 Å². The molecule has 8 heteroatoms. The molecule has 4 aliphatic carbocycles. The van der Waals surface area contributed by atoms with Crippen molar-refractivity contribution in [3.63, 3.8) is 0 Å². The molecule has 5 rings (SSSR count). The minimum Gasteiger partial charge on any atom is -0.457 e. The van der Waals surface area contributed by atoms with Gasteiger partial charge in [0.2, 0.25) is 5.78 Å². The molecule has 4 saturated carbocycles. The Morgan fingerprint density at radius 2 is 1.66 bits per heavy atom. The molecular weight excluding hydrogens is 374 g/mol. The minimum absolute atomic E-state index is 0.157. The summed E-state index contributed by atoms with van der Waals surface area (Å²) in [5, 5.41) is 0. The topological polar surface area (TPSA) is 113 Å². The Hall–Kier alpha value is -2.38. The van der Waals surface area contributed by atoms with E-state index in [4.69, 9.17) is 10.5 Å². The highest BCUT2D eigenvalue weighted by Crippen LogP contribution is 2.60. The molecule has 0 spiro atoms. The normalized spacial score (nSPS) is 29.8. The number of ketones is 1. The van der Waals surface area contributed by atoms with Crippen LogP contribution in [0.25, 0.3) is 0 Å². The van der Waals surface area contributed by atoms with Gasteiger partial charge in [0.05, 0.1) is 5.41 Å². The number of carbonyl (C=O) groups is 2. The van der Waals surface area contributed by atoms with Crippen molar-refractivity contribution in [2.24, 2.45) is 30.2 Å². The van der Waals surface area contributed by atoms with E-state index in [1.807, 2.05) is 6.92 Å². The lowest BCUT2D eigenvalue weighted by Gasteiger charge is -2.55. The van der Waals surface area contributed by atoms with Crippen LogP contribution in [0.3, 0.4) is 0 Å². The fraction of sp³-hybridized carbons (Fsp3) is 0.714. The number of carbonyl (C=O) groups excluding carboxylic acids is 2. The molecule has 0 aromatic carbocycles. The van der Waals surface area contributed by atoms with E-state index < -0.39 is 29.1 Å². The molecule has 8 nitrogen and oxygen atoms in total. The largest absolute Gasteiger partial charge is 0.457 e. The van der Waals surface area contributed by atoms with Crippen LogP contribution in [0.1, 0.15) is 62.2 Å². The molecule has 29 heavy (non-hydrogen) atoms. The maximum absolute atomic E-state index is 12.9. The molecule has 0 amide bonds. The Bertz CT molecular complexity index is 938. The summed E-state index contributed by atoms with van der Waals surface area (Å²) in [5.41, 5.74) is 3.92. The Morgan fingerprint density at radius 1 is 1.10 bits per heavy atom. The van der Waals surface area contributed by atoms with Gasteiger partial charge in [-0.2, -0.15) is 0 Å². The first-order valence-corrected chi connectivity index (χ1v) is 10.6. The van der Waals surface area contributed by atoms with Crippen molar-refractivity contribution < 1.29 is 14.3 Å². The van der Waals surface area contributed by atoms with Crippen molar-refractivity contribution in [3.05, 3.63) is 26.4 Å². The average molecular weight is 403 g/mol. The number of hydrogen-bond acceptors (Lipinski definition) is 6. The number of nitrogens with zero attached hydrogens (tertiary/aromatic N) is 2.